The molecule has 1 aliphatic rings. The molecule has 0 aliphatic heterocycles. The molecule has 3 rings (SSSR count). The van der Waals surface area contributed by atoms with Gasteiger partial charge in [-0.15, -0.1) is 11.8 Å². The third kappa shape index (κ3) is 3.50. The Bertz CT molecular complexity index is 654. The number of nitrogens with one attached hydrogen (secondary N) is 1. The normalized spacial score (nSPS) is 13.7. The van der Waals surface area contributed by atoms with Crippen molar-refractivity contribution in [3.05, 3.63) is 41.3 Å². The maximum absolute atomic E-state index is 12.1. The molecule has 2 aromatic rings. The van der Waals surface area contributed by atoms with Gasteiger partial charge in [0, 0.05) is 24.6 Å². The lowest BCUT2D eigenvalue weighted by Crippen LogP contribution is -2.18. The van der Waals surface area contributed by atoms with Crippen molar-refractivity contribution in [2.24, 2.45) is 7.05 Å². The molecule has 2 heterocycles. The number of fused-ring (bicyclic) bond motifs is 1. The summed E-state index contributed by atoms with van der Waals surface area (Å²) in [5.41, 5.74) is 3.36. The molecule has 0 atom stereocenters. The Balaban J connectivity index is 1.55. The van der Waals surface area contributed by atoms with E-state index in [9.17, 15) is 4.79 Å². The number of rotatable bonds is 5. The van der Waals surface area contributed by atoms with E-state index < -0.39 is 0 Å². The number of thioether (sulfide) groups is 1. The van der Waals surface area contributed by atoms with E-state index in [0.29, 0.717) is 5.75 Å². The van der Waals surface area contributed by atoms with Crippen LogP contribution in [-0.2, 0) is 30.4 Å². The van der Waals surface area contributed by atoms with Gasteiger partial charge in [0.05, 0.1) is 17.1 Å². The van der Waals surface area contributed by atoms with Gasteiger partial charge in [-0.25, -0.2) is 0 Å². The van der Waals surface area contributed by atoms with Crippen LogP contribution in [-0.4, -0.2) is 26.4 Å². The summed E-state index contributed by atoms with van der Waals surface area (Å²) in [4.78, 5) is 16.4. The fourth-order valence-electron chi connectivity index (χ4n) is 2.74. The molecule has 0 fully saturated rings. The number of aryl methyl sites for hydroxylation is 2. The molecule has 6 heteroatoms. The molecule has 1 N–H and O–H groups in total. The van der Waals surface area contributed by atoms with Crippen LogP contribution in [0.25, 0.3) is 0 Å². The van der Waals surface area contributed by atoms with E-state index in [2.05, 4.69) is 15.4 Å². The van der Waals surface area contributed by atoms with Gasteiger partial charge in [0.25, 0.3) is 0 Å². The van der Waals surface area contributed by atoms with E-state index in [-0.39, 0.29) is 5.91 Å². The molecule has 22 heavy (non-hydrogen) atoms. The van der Waals surface area contributed by atoms with Crippen molar-refractivity contribution in [2.75, 3.05) is 11.1 Å². The van der Waals surface area contributed by atoms with Gasteiger partial charge in [0.2, 0.25) is 5.91 Å². The summed E-state index contributed by atoms with van der Waals surface area (Å²) in [5, 5.41) is 7.54. The molecular formula is C16H20N4OS. The van der Waals surface area contributed by atoms with Gasteiger partial charge >= 0.3 is 0 Å². The molecule has 1 amide bonds. The van der Waals surface area contributed by atoms with E-state index in [1.54, 1.807) is 22.6 Å². The molecular weight excluding hydrogens is 296 g/mol. The van der Waals surface area contributed by atoms with E-state index >= 15 is 0 Å². The van der Waals surface area contributed by atoms with Gasteiger partial charge in [-0.2, -0.15) is 5.10 Å². The third-order valence-electron chi connectivity index (χ3n) is 3.79. The topological polar surface area (TPSA) is 59.8 Å². The summed E-state index contributed by atoms with van der Waals surface area (Å²) in [6, 6.07) is 5.83. The molecule has 0 radical (unpaired) electrons. The van der Waals surface area contributed by atoms with Gasteiger partial charge in [-0.3, -0.25) is 14.5 Å². The maximum Gasteiger partial charge on any atom is 0.235 e. The second-order valence-electron chi connectivity index (χ2n) is 5.47. The van der Waals surface area contributed by atoms with E-state index in [4.69, 9.17) is 0 Å². The molecule has 1 aliphatic carbocycles. The summed E-state index contributed by atoms with van der Waals surface area (Å²) in [5.74, 6) is 2.07. The molecule has 5 nitrogen and oxygen atoms in total. The monoisotopic (exact) mass is 316 g/mol. The SMILES string of the molecule is Cn1nc2c(c1NC(=O)CSCc1ccccn1)CCCC2. The lowest BCUT2D eigenvalue weighted by atomic mass is 9.97. The Hall–Kier alpha value is -1.82. The van der Waals surface area contributed by atoms with Gasteiger partial charge in [-0.05, 0) is 37.8 Å². The standard InChI is InChI=1S/C16H20N4OS/c1-20-16(13-7-2-3-8-14(13)19-20)18-15(21)11-22-10-12-6-4-5-9-17-12/h4-6,9H,2-3,7-8,10-11H2,1H3,(H,18,21). The number of hydrogen-bond donors (Lipinski definition) is 1. The first-order chi connectivity index (χ1) is 10.7. The predicted octanol–water partition coefficient (Wildman–Crippen LogP) is 2.57. The van der Waals surface area contributed by atoms with E-state index in [1.165, 1.54) is 18.4 Å². The minimum atomic E-state index is 0.0253. The zero-order valence-corrected chi connectivity index (χ0v) is 13.5. The van der Waals surface area contributed by atoms with Crippen molar-refractivity contribution < 1.29 is 4.79 Å². The Morgan fingerprint density at radius 1 is 1.36 bits per heavy atom. The highest BCUT2D eigenvalue weighted by Gasteiger charge is 2.20. The zero-order valence-electron chi connectivity index (χ0n) is 12.7. The van der Waals surface area contributed by atoms with Crippen molar-refractivity contribution in [2.45, 2.75) is 31.4 Å². The maximum atomic E-state index is 12.1. The Labute approximate surface area is 134 Å². The molecule has 0 saturated carbocycles. The van der Waals surface area contributed by atoms with Crippen molar-refractivity contribution in [1.82, 2.24) is 14.8 Å². The van der Waals surface area contributed by atoms with Gasteiger partial charge < -0.3 is 5.32 Å². The second kappa shape index (κ2) is 6.96. The van der Waals surface area contributed by atoms with Crippen molar-refractivity contribution in [3.63, 3.8) is 0 Å². The molecule has 0 bridgehead atoms. The number of carbonyl (C=O) groups is 1. The highest BCUT2D eigenvalue weighted by molar-refractivity contribution is 7.99. The molecule has 0 unspecified atom stereocenters. The van der Waals surface area contributed by atoms with Gasteiger partial charge in [0.15, 0.2) is 0 Å². The quantitative estimate of drug-likeness (QED) is 0.921. The van der Waals surface area contributed by atoms with Crippen LogP contribution >= 0.6 is 11.8 Å². The van der Waals surface area contributed by atoms with Crippen LogP contribution in [0.5, 0.6) is 0 Å². The molecule has 2 aromatic heterocycles. The minimum absolute atomic E-state index is 0.0253. The minimum Gasteiger partial charge on any atom is -0.310 e. The van der Waals surface area contributed by atoms with Crippen LogP contribution < -0.4 is 5.32 Å². The highest BCUT2D eigenvalue weighted by atomic mass is 32.2. The first-order valence-electron chi connectivity index (χ1n) is 7.56. The molecule has 0 aromatic carbocycles. The number of amides is 1. The van der Waals surface area contributed by atoms with E-state index in [1.807, 2.05) is 25.2 Å². The van der Waals surface area contributed by atoms with Crippen molar-refractivity contribution in [1.29, 1.82) is 0 Å². The highest BCUT2D eigenvalue weighted by Crippen LogP contribution is 2.27. The Kier molecular flexibility index (Phi) is 4.77. The first kappa shape index (κ1) is 15.1. The van der Waals surface area contributed by atoms with Crippen LogP contribution in [0.3, 0.4) is 0 Å². The van der Waals surface area contributed by atoms with Crippen LogP contribution in [0.1, 0.15) is 29.8 Å². The number of pyridine rings is 1. The van der Waals surface area contributed by atoms with Crippen molar-refractivity contribution >= 4 is 23.5 Å². The lowest BCUT2D eigenvalue weighted by molar-refractivity contribution is -0.113. The number of nitrogens with zero attached hydrogens (tertiary/aromatic N) is 3. The zero-order chi connectivity index (χ0) is 15.4. The summed E-state index contributed by atoms with van der Waals surface area (Å²) in [7, 11) is 1.90. The van der Waals surface area contributed by atoms with Gasteiger partial charge in [-0.1, -0.05) is 6.07 Å². The largest absolute Gasteiger partial charge is 0.310 e. The molecule has 0 saturated heterocycles. The van der Waals surface area contributed by atoms with Crippen molar-refractivity contribution in [3.8, 4) is 0 Å². The fraction of sp³-hybridized carbons (Fsp3) is 0.438. The van der Waals surface area contributed by atoms with Crippen LogP contribution in [0.15, 0.2) is 24.4 Å². The average Bonchev–Trinajstić information content (AvgIpc) is 2.84. The summed E-state index contributed by atoms with van der Waals surface area (Å²) in [6.07, 6.45) is 6.18. The third-order valence-corrected chi connectivity index (χ3v) is 4.75. The first-order valence-corrected chi connectivity index (χ1v) is 8.72. The number of aromatic nitrogens is 3. The number of carbonyl (C=O) groups excluding carboxylic acids is 1. The molecule has 0 spiro atoms. The molecule has 116 valence electrons. The fourth-order valence-corrected chi connectivity index (χ4v) is 3.48. The summed E-state index contributed by atoms with van der Waals surface area (Å²) >= 11 is 1.58. The number of hydrogen-bond acceptors (Lipinski definition) is 4. The van der Waals surface area contributed by atoms with Crippen LogP contribution in [0.2, 0.25) is 0 Å². The van der Waals surface area contributed by atoms with Crippen LogP contribution in [0, 0.1) is 0 Å². The Morgan fingerprint density at radius 2 is 2.23 bits per heavy atom. The Morgan fingerprint density at radius 3 is 3.05 bits per heavy atom. The van der Waals surface area contributed by atoms with Crippen LogP contribution in [0.4, 0.5) is 5.82 Å². The predicted molar refractivity (Wildman–Crippen MR) is 88.9 cm³/mol. The smallest absolute Gasteiger partial charge is 0.235 e. The number of anilines is 1. The second-order valence-corrected chi connectivity index (χ2v) is 6.45. The average molecular weight is 316 g/mol. The summed E-state index contributed by atoms with van der Waals surface area (Å²) in [6.45, 7) is 0. The lowest BCUT2D eigenvalue weighted by Gasteiger charge is -2.12. The van der Waals surface area contributed by atoms with E-state index in [0.717, 1.165) is 35.8 Å². The van der Waals surface area contributed by atoms with Gasteiger partial charge in [0.1, 0.15) is 5.82 Å². The summed E-state index contributed by atoms with van der Waals surface area (Å²) < 4.78 is 1.80.